The molecule has 0 unspecified atom stereocenters. The lowest BCUT2D eigenvalue weighted by Gasteiger charge is -2.10. The summed E-state index contributed by atoms with van der Waals surface area (Å²) in [7, 11) is 0. The Balaban J connectivity index is 1.66. The number of anilines is 1. The fourth-order valence-corrected chi connectivity index (χ4v) is 4.30. The van der Waals surface area contributed by atoms with Crippen molar-refractivity contribution in [2.75, 3.05) is 5.73 Å². The molecule has 2 aromatic heterocycles. The molecule has 4 rings (SSSR count). The molecule has 0 aliphatic carbocycles. The van der Waals surface area contributed by atoms with E-state index < -0.39 is 0 Å². The summed E-state index contributed by atoms with van der Waals surface area (Å²) in [6, 6.07) is 18.4. The molecule has 4 aromatic rings. The number of hydrogen-bond donors (Lipinski definition) is 1. The lowest BCUT2D eigenvalue weighted by molar-refractivity contribution is 0.975. The second-order valence-electron chi connectivity index (χ2n) is 5.75. The molecule has 0 saturated carbocycles. The number of aromatic nitrogens is 3. The van der Waals surface area contributed by atoms with Gasteiger partial charge in [-0.15, -0.1) is 0 Å². The number of para-hydroxylation sites is 1. The van der Waals surface area contributed by atoms with E-state index in [0.717, 1.165) is 30.7 Å². The Hall–Kier alpha value is -2.57. The molecular formula is C20H16N4S2. The van der Waals surface area contributed by atoms with Gasteiger partial charge in [0, 0.05) is 21.4 Å². The monoisotopic (exact) mass is 376 g/mol. The van der Waals surface area contributed by atoms with Crippen LogP contribution in [-0.4, -0.2) is 15.0 Å². The summed E-state index contributed by atoms with van der Waals surface area (Å²) >= 11 is 3.07. The van der Waals surface area contributed by atoms with Crippen LogP contribution >= 0.6 is 23.5 Å². The number of pyridine rings is 1. The van der Waals surface area contributed by atoms with E-state index in [1.807, 2.05) is 18.2 Å². The Morgan fingerprint density at radius 2 is 1.54 bits per heavy atom. The summed E-state index contributed by atoms with van der Waals surface area (Å²) in [5, 5.41) is 2.60. The summed E-state index contributed by atoms with van der Waals surface area (Å²) in [6.45, 7) is 2.07. The van der Waals surface area contributed by atoms with Crippen molar-refractivity contribution in [3.05, 3.63) is 72.7 Å². The van der Waals surface area contributed by atoms with Gasteiger partial charge < -0.3 is 5.73 Å². The molecule has 0 aliphatic heterocycles. The van der Waals surface area contributed by atoms with Crippen LogP contribution in [0, 0.1) is 6.92 Å². The Labute approximate surface area is 160 Å². The predicted octanol–water partition coefficient (Wildman–Crippen LogP) is 5.22. The average molecular weight is 377 g/mol. The van der Waals surface area contributed by atoms with E-state index in [0.29, 0.717) is 5.69 Å². The van der Waals surface area contributed by atoms with Crippen molar-refractivity contribution in [2.45, 2.75) is 26.8 Å². The van der Waals surface area contributed by atoms with Crippen molar-refractivity contribution in [2.24, 2.45) is 0 Å². The van der Waals surface area contributed by atoms with E-state index in [-0.39, 0.29) is 0 Å². The molecule has 2 N–H and O–H groups in total. The van der Waals surface area contributed by atoms with Crippen LogP contribution in [0.1, 0.15) is 5.56 Å². The number of hydrogen-bond acceptors (Lipinski definition) is 6. The number of nitrogen functional groups attached to an aromatic ring is 1. The molecule has 0 aliphatic rings. The first-order valence-electron chi connectivity index (χ1n) is 8.07. The standard InChI is InChI=1S/C20H16N4S2/c1-13-7-9-15(10-8-13)25-19-17(21)20(24-12-23-19)26-16-6-2-4-14-5-3-11-22-18(14)16/h2-12H,21H2,1H3. The topological polar surface area (TPSA) is 64.7 Å². The molecule has 0 amide bonds. The van der Waals surface area contributed by atoms with E-state index in [1.54, 1.807) is 24.3 Å². The van der Waals surface area contributed by atoms with Gasteiger partial charge in [-0.05, 0) is 31.2 Å². The summed E-state index contributed by atoms with van der Waals surface area (Å²) in [6.07, 6.45) is 3.36. The highest BCUT2D eigenvalue weighted by Gasteiger charge is 2.13. The summed E-state index contributed by atoms with van der Waals surface area (Å²) in [4.78, 5) is 15.4. The Morgan fingerprint density at radius 3 is 2.35 bits per heavy atom. The van der Waals surface area contributed by atoms with Crippen molar-refractivity contribution in [3.63, 3.8) is 0 Å². The van der Waals surface area contributed by atoms with E-state index >= 15 is 0 Å². The highest BCUT2D eigenvalue weighted by Crippen LogP contribution is 2.38. The van der Waals surface area contributed by atoms with Gasteiger partial charge in [-0.3, -0.25) is 4.98 Å². The highest BCUT2D eigenvalue weighted by molar-refractivity contribution is 8.00. The first-order chi connectivity index (χ1) is 12.7. The molecule has 0 atom stereocenters. The van der Waals surface area contributed by atoms with Crippen molar-refractivity contribution >= 4 is 40.1 Å². The van der Waals surface area contributed by atoms with Crippen molar-refractivity contribution in [1.29, 1.82) is 0 Å². The molecule has 0 fully saturated rings. The van der Waals surface area contributed by atoms with Gasteiger partial charge >= 0.3 is 0 Å². The van der Waals surface area contributed by atoms with Gasteiger partial charge in [0.15, 0.2) is 0 Å². The third kappa shape index (κ3) is 3.52. The zero-order valence-electron chi connectivity index (χ0n) is 14.1. The predicted molar refractivity (Wildman–Crippen MR) is 108 cm³/mol. The number of benzene rings is 2. The Bertz CT molecular complexity index is 1060. The smallest absolute Gasteiger partial charge is 0.128 e. The SMILES string of the molecule is Cc1ccc(Sc2ncnc(Sc3cccc4cccnc34)c2N)cc1. The maximum atomic E-state index is 6.37. The number of nitrogens with two attached hydrogens (primary N) is 1. The van der Waals surface area contributed by atoms with Crippen LogP contribution in [0.15, 0.2) is 87.0 Å². The van der Waals surface area contributed by atoms with Gasteiger partial charge in [-0.1, -0.05) is 59.4 Å². The molecule has 26 heavy (non-hydrogen) atoms. The van der Waals surface area contributed by atoms with Crippen LogP contribution in [0.3, 0.4) is 0 Å². The third-order valence-corrected chi connectivity index (χ3v) is 5.94. The minimum atomic E-state index is 0.594. The van der Waals surface area contributed by atoms with Gasteiger partial charge in [0.05, 0.1) is 11.2 Å². The molecule has 0 spiro atoms. The zero-order valence-corrected chi connectivity index (χ0v) is 15.7. The molecule has 0 bridgehead atoms. The van der Waals surface area contributed by atoms with Crippen molar-refractivity contribution in [3.8, 4) is 0 Å². The second kappa shape index (κ2) is 7.35. The van der Waals surface area contributed by atoms with Crippen LogP contribution in [0.25, 0.3) is 10.9 Å². The number of rotatable bonds is 4. The summed E-state index contributed by atoms with van der Waals surface area (Å²) in [5.74, 6) is 0. The maximum absolute atomic E-state index is 6.37. The molecule has 2 heterocycles. The largest absolute Gasteiger partial charge is 0.394 e. The Kier molecular flexibility index (Phi) is 4.77. The molecule has 6 heteroatoms. The van der Waals surface area contributed by atoms with Gasteiger partial charge in [-0.2, -0.15) is 0 Å². The Morgan fingerprint density at radius 1 is 0.808 bits per heavy atom. The minimum Gasteiger partial charge on any atom is -0.394 e. The van der Waals surface area contributed by atoms with Crippen LogP contribution in [0.4, 0.5) is 5.69 Å². The molecule has 0 saturated heterocycles. The average Bonchev–Trinajstić information content (AvgIpc) is 2.67. The number of nitrogens with zero attached hydrogens (tertiary/aromatic N) is 3. The number of aryl methyl sites for hydroxylation is 1. The first-order valence-corrected chi connectivity index (χ1v) is 9.70. The quantitative estimate of drug-likeness (QED) is 0.493. The van der Waals surface area contributed by atoms with Crippen LogP contribution < -0.4 is 5.73 Å². The van der Waals surface area contributed by atoms with Crippen LogP contribution in [0.5, 0.6) is 0 Å². The number of fused-ring (bicyclic) bond motifs is 1. The summed E-state index contributed by atoms with van der Waals surface area (Å²) < 4.78 is 0. The zero-order chi connectivity index (χ0) is 17.9. The lowest BCUT2D eigenvalue weighted by Crippen LogP contribution is -1.97. The van der Waals surface area contributed by atoms with Gasteiger partial charge in [0.1, 0.15) is 16.4 Å². The van der Waals surface area contributed by atoms with Gasteiger partial charge in [0.25, 0.3) is 0 Å². The fourth-order valence-electron chi connectivity index (χ4n) is 2.51. The van der Waals surface area contributed by atoms with Crippen LogP contribution in [-0.2, 0) is 0 Å². The highest BCUT2D eigenvalue weighted by atomic mass is 32.2. The first kappa shape index (κ1) is 16.9. The molecular weight excluding hydrogens is 360 g/mol. The van der Waals surface area contributed by atoms with E-state index in [2.05, 4.69) is 58.3 Å². The van der Waals surface area contributed by atoms with Gasteiger partial charge in [-0.25, -0.2) is 9.97 Å². The minimum absolute atomic E-state index is 0.594. The van der Waals surface area contributed by atoms with E-state index in [9.17, 15) is 0 Å². The molecule has 4 nitrogen and oxygen atoms in total. The molecule has 0 radical (unpaired) electrons. The normalized spacial score (nSPS) is 11.0. The van der Waals surface area contributed by atoms with Crippen molar-refractivity contribution in [1.82, 2.24) is 15.0 Å². The van der Waals surface area contributed by atoms with Crippen LogP contribution in [0.2, 0.25) is 0 Å². The molecule has 2 aromatic carbocycles. The summed E-state index contributed by atoms with van der Waals surface area (Å²) in [5.41, 5.74) is 9.14. The van der Waals surface area contributed by atoms with Crippen molar-refractivity contribution < 1.29 is 0 Å². The van der Waals surface area contributed by atoms with Gasteiger partial charge in [0.2, 0.25) is 0 Å². The third-order valence-electron chi connectivity index (χ3n) is 3.85. The fraction of sp³-hybridized carbons (Fsp3) is 0.0500. The van der Waals surface area contributed by atoms with E-state index in [1.165, 1.54) is 17.3 Å². The lowest BCUT2D eigenvalue weighted by atomic mass is 10.2. The second-order valence-corrected chi connectivity index (χ2v) is 7.84. The van der Waals surface area contributed by atoms with E-state index in [4.69, 9.17) is 5.73 Å². The maximum Gasteiger partial charge on any atom is 0.128 e. The molecule has 128 valence electrons.